The highest BCUT2D eigenvalue weighted by Gasteiger charge is 2.24. The molecule has 0 aliphatic carbocycles. The van der Waals surface area contributed by atoms with E-state index in [-0.39, 0.29) is 11.8 Å². The number of anilines is 2. The summed E-state index contributed by atoms with van der Waals surface area (Å²) in [6.07, 6.45) is 0. The third-order valence-electron chi connectivity index (χ3n) is 5.73. The summed E-state index contributed by atoms with van der Waals surface area (Å²) >= 11 is 0. The highest BCUT2D eigenvalue weighted by molar-refractivity contribution is 6.06. The molecule has 1 heterocycles. The maximum Gasteiger partial charge on any atom is 0.255 e. The number of benzene rings is 3. The summed E-state index contributed by atoms with van der Waals surface area (Å²) in [4.78, 5) is 29.7. The number of carbonyl (C=O) groups excluding carboxylic acids is 2. The minimum absolute atomic E-state index is 0.0466. The Bertz CT molecular complexity index is 1130. The first kappa shape index (κ1) is 22.2. The van der Waals surface area contributed by atoms with Crippen LogP contribution in [0.4, 0.5) is 11.4 Å². The minimum atomic E-state index is -0.235. The molecule has 1 saturated heterocycles. The van der Waals surface area contributed by atoms with Crippen molar-refractivity contribution in [3.05, 3.63) is 83.9 Å². The third-order valence-corrected chi connectivity index (χ3v) is 5.73. The molecule has 3 aromatic rings. The van der Waals surface area contributed by atoms with Gasteiger partial charge in [0.2, 0.25) is 0 Å². The summed E-state index contributed by atoms with van der Waals surface area (Å²) in [6, 6.07) is 22.1. The van der Waals surface area contributed by atoms with E-state index in [1.807, 2.05) is 59.5 Å². The van der Waals surface area contributed by atoms with Gasteiger partial charge < -0.3 is 24.6 Å². The van der Waals surface area contributed by atoms with E-state index in [1.165, 1.54) is 7.11 Å². The van der Waals surface area contributed by atoms with Crippen LogP contribution in [0.3, 0.4) is 0 Å². The number of hydrogen-bond donors (Lipinski definition) is 1. The summed E-state index contributed by atoms with van der Waals surface area (Å²) in [6.45, 7) is 2.60. The number of nitrogens with zero attached hydrogens (tertiary/aromatic N) is 2. The molecule has 3 aromatic carbocycles. The topological polar surface area (TPSA) is 71.1 Å². The van der Waals surface area contributed by atoms with Gasteiger partial charge in [-0.2, -0.15) is 0 Å². The zero-order valence-corrected chi connectivity index (χ0v) is 18.8. The SMILES string of the molecule is COc1ccc(C(=O)Nc2ccccc2N2CCN(C(=O)c3ccccc3)CC2)cc1OC. The standard InChI is InChI=1S/C26H27N3O4/c1-32-23-13-12-20(18-24(23)33-2)25(30)27-21-10-6-7-11-22(21)28-14-16-29(17-15-28)26(31)19-8-4-3-5-9-19/h3-13,18H,14-17H2,1-2H3,(H,27,30). The van der Waals surface area contributed by atoms with Crippen molar-refractivity contribution < 1.29 is 19.1 Å². The molecule has 4 rings (SSSR count). The van der Waals surface area contributed by atoms with Crippen molar-refractivity contribution in [2.45, 2.75) is 0 Å². The summed E-state index contributed by atoms with van der Waals surface area (Å²) in [5.41, 5.74) is 2.83. The van der Waals surface area contributed by atoms with E-state index in [2.05, 4.69) is 10.2 Å². The van der Waals surface area contributed by atoms with Gasteiger partial charge in [0.1, 0.15) is 0 Å². The monoisotopic (exact) mass is 445 g/mol. The number of rotatable bonds is 6. The Labute approximate surface area is 193 Å². The largest absolute Gasteiger partial charge is 0.493 e. The van der Waals surface area contributed by atoms with Crippen LogP contribution in [0.25, 0.3) is 0 Å². The zero-order chi connectivity index (χ0) is 23.2. The van der Waals surface area contributed by atoms with E-state index in [1.54, 1.807) is 25.3 Å². The maximum absolute atomic E-state index is 12.9. The maximum atomic E-state index is 12.9. The lowest BCUT2D eigenvalue weighted by Gasteiger charge is -2.37. The van der Waals surface area contributed by atoms with E-state index in [9.17, 15) is 9.59 Å². The number of carbonyl (C=O) groups is 2. The van der Waals surface area contributed by atoms with Crippen LogP contribution in [0.1, 0.15) is 20.7 Å². The quantitative estimate of drug-likeness (QED) is 0.623. The van der Waals surface area contributed by atoms with Crippen molar-refractivity contribution >= 4 is 23.2 Å². The number of para-hydroxylation sites is 2. The Kier molecular flexibility index (Phi) is 6.78. The molecule has 0 unspecified atom stereocenters. The fraction of sp³-hybridized carbons (Fsp3) is 0.231. The molecular weight excluding hydrogens is 418 g/mol. The van der Waals surface area contributed by atoms with Crippen molar-refractivity contribution in [3.8, 4) is 11.5 Å². The number of ether oxygens (including phenoxy) is 2. The van der Waals surface area contributed by atoms with Gasteiger partial charge in [-0.3, -0.25) is 9.59 Å². The van der Waals surface area contributed by atoms with E-state index < -0.39 is 0 Å². The first-order valence-electron chi connectivity index (χ1n) is 10.8. The van der Waals surface area contributed by atoms with Gasteiger partial charge in [0.25, 0.3) is 11.8 Å². The molecule has 0 saturated carbocycles. The lowest BCUT2D eigenvalue weighted by Crippen LogP contribution is -2.49. The Morgan fingerprint density at radius 1 is 0.758 bits per heavy atom. The molecule has 0 aromatic heterocycles. The van der Waals surface area contributed by atoms with Crippen molar-refractivity contribution in [2.24, 2.45) is 0 Å². The molecule has 2 amide bonds. The number of amides is 2. The lowest BCUT2D eigenvalue weighted by molar-refractivity contribution is 0.0746. The fourth-order valence-corrected chi connectivity index (χ4v) is 3.94. The van der Waals surface area contributed by atoms with Crippen LogP contribution in [-0.2, 0) is 0 Å². The molecule has 1 aliphatic rings. The number of piperazine rings is 1. The van der Waals surface area contributed by atoms with Crippen LogP contribution in [-0.4, -0.2) is 57.1 Å². The molecule has 1 N–H and O–H groups in total. The molecule has 0 radical (unpaired) electrons. The van der Waals surface area contributed by atoms with Crippen LogP contribution in [0.2, 0.25) is 0 Å². The Balaban J connectivity index is 1.45. The Hall–Kier alpha value is -4.00. The smallest absolute Gasteiger partial charge is 0.255 e. The van der Waals surface area contributed by atoms with E-state index >= 15 is 0 Å². The van der Waals surface area contributed by atoms with Crippen LogP contribution in [0.5, 0.6) is 11.5 Å². The lowest BCUT2D eigenvalue weighted by atomic mass is 10.1. The summed E-state index contributed by atoms with van der Waals surface area (Å²) in [5.74, 6) is 0.876. The summed E-state index contributed by atoms with van der Waals surface area (Å²) in [7, 11) is 3.10. The fourth-order valence-electron chi connectivity index (χ4n) is 3.94. The average Bonchev–Trinajstić information content (AvgIpc) is 2.88. The van der Waals surface area contributed by atoms with Crippen molar-refractivity contribution in [3.63, 3.8) is 0 Å². The Morgan fingerprint density at radius 3 is 2.12 bits per heavy atom. The van der Waals surface area contributed by atoms with Crippen molar-refractivity contribution in [1.29, 1.82) is 0 Å². The first-order chi connectivity index (χ1) is 16.1. The molecular formula is C26H27N3O4. The third kappa shape index (κ3) is 4.92. The van der Waals surface area contributed by atoms with Gasteiger partial charge >= 0.3 is 0 Å². The molecule has 1 aliphatic heterocycles. The highest BCUT2D eigenvalue weighted by atomic mass is 16.5. The van der Waals surface area contributed by atoms with Gasteiger partial charge in [-0.15, -0.1) is 0 Å². The second-order valence-electron chi connectivity index (χ2n) is 7.69. The minimum Gasteiger partial charge on any atom is -0.493 e. The number of nitrogens with one attached hydrogen (secondary N) is 1. The van der Waals surface area contributed by atoms with E-state index in [0.29, 0.717) is 48.8 Å². The van der Waals surface area contributed by atoms with Crippen molar-refractivity contribution in [1.82, 2.24) is 4.90 Å². The van der Waals surface area contributed by atoms with Crippen LogP contribution in [0.15, 0.2) is 72.8 Å². The molecule has 7 heteroatoms. The molecule has 1 fully saturated rings. The zero-order valence-electron chi connectivity index (χ0n) is 18.8. The second kappa shape index (κ2) is 10.1. The molecule has 0 spiro atoms. The summed E-state index contributed by atoms with van der Waals surface area (Å²) < 4.78 is 10.6. The van der Waals surface area contributed by atoms with E-state index in [4.69, 9.17) is 9.47 Å². The van der Waals surface area contributed by atoms with Crippen LogP contribution in [0, 0.1) is 0 Å². The number of hydrogen-bond acceptors (Lipinski definition) is 5. The predicted octanol–water partition coefficient (Wildman–Crippen LogP) is 3.92. The second-order valence-corrected chi connectivity index (χ2v) is 7.69. The number of methoxy groups -OCH3 is 2. The van der Waals surface area contributed by atoms with Gasteiger partial charge in [-0.05, 0) is 42.5 Å². The van der Waals surface area contributed by atoms with E-state index in [0.717, 1.165) is 11.4 Å². The van der Waals surface area contributed by atoms with Crippen LogP contribution < -0.4 is 19.7 Å². The van der Waals surface area contributed by atoms with Gasteiger partial charge in [-0.25, -0.2) is 0 Å². The molecule has 170 valence electrons. The predicted molar refractivity (Wildman–Crippen MR) is 128 cm³/mol. The van der Waals surface area contributed by atoms with Crippen LogP contribution >= 0.6 is 0 Å². The van der Waals surface area contributed by atoms with Crippen molar-refractivity contribution in [2.75, 3.05) is 50.6 Å². The molecule has 0 atom stereocenters. The molecule has 0 bridgehead atoms. The normalized spacial score (nSPS) is 13.4. The van der Waals surface area contributed by atoms with Gasteiger partial charge in [0.05, 0.1) is 25.6 Å². The molecule has 33 heavy (non-hydrogen) atoms. The highest BCUT2D eigenvalue weighted by Crippen LogP contribution is 2.30. The molecule has 7 nitrogen and oxygen atoms in total. The van der Waals surface area contributed by atoms with Gasteiger partial charge in [0, 0.05) is 37.3 Å². The average molecular weight is 446 g/mol. The first-order valence-corrected chi connectivity index (χ1v) is 10.8. The van der Waals surface area contributed by atoms with Gasteiger partial charge in [-0.1, -0.05) is 30.3 Å². The summed E-state index contributed by atoms with van der Waals surface area (Å²) in [5, 5.41) is 3.02. The Morgan fingerprint density at radius 2 is 1.42 bits per heavy atom. The van der Waals surface area contributed by atoms with Gasteiger partial charge in [0.15, 0.2) is 11.5 Å².